The first kappa shape index (κ1) is 9.85. The fourth-order valence-corrected chi connectivity index (χ4v) is 3.16. The Morgan fingerprint density at radius 1 is 1.31 bits per heavy atom. The van der Waals surface area contributed by atoms with Crippen LogP contribution < -0.4 is 10.6 Å². The molecule has 1 unspecified atom stereocenters. The predicted octanol–water partition coefficient (Wildman–Crippen LogP) is 1.49. The van der Waals surface area contributed by atoms with E-state index in [4.69, 9.17) is 0 Å². The van der Waals surface area contributed by atoms with Crippen molar-refractivity contribution >= 4 is 11.6 Å². The normalized spacial score (nSPS) is 27.2. The minimum Gasteiger partial charge on any atom is -0.325 e. The van der Waals surface area contributed by atoms with Gasteiger partial charge in [-0.3, -0.25) is 4.79 Å². The van der Waals surface area contributed by atoms with E-state index in [0.717, 1.165) is 25.2 Å². The molecule has 1 aromatic rings. The third kappa shape index (κ3) is 1.09. The summed E-state index contributed by atoms with van der Waals surface area (Å²) in [6.07, 6.45) is 0.912. The van der Waals surface area contributed by atoms with E-state index in [2.05, 4.69) is 36.6 Å². The summed E-state index contributed by atoms with van der Waals surface area (Å²) in [4.78, 5) is 12.2. The van der Waals surface area contributed by atoms with E-state index in [1.807, 2.05) is 0 Å². The molecule has 3 nitrogen and oxygen atoms in total. The van der Waals surface area contributed by atoms with E-state index >= 15 is 0 Å². The zero-order chi connectivity index (χ0) is 11.3. The van der Waals surface area contributed by atoms with Gasteiger partial charge in [-0.05, 0) is 49.6 Å². The fraction of sp³-hybridized carbons (Fsp3) is 0.462. The Kier molecular flexibility index (Phi) is 1.89. The van der Waals surface area contributed by atoms with E-state index in [-0.39, 0.29) is 11.3 Å². The van der Waals surface area contributed by atoms with Crippen LogP contribution in [0.3, 0.4) is 0 Å². The van der Waals surface area contributed by atoms with Crippen molar-refractivity contribution in [2.24, 2.45) is 0 Å². The molecular weight excluding hydrogens is 200 g/mol. The van der Waals surface area contributed by atoms with Gasteiger partial charge in [-0.2, -0.15) is 0 Å². The Morgan fingerprint density at radius 2 is 2.12 bits per heavy atom. The first-order chi connectivity index (χ1) is 7.63. The van der Waals surface area contributed by atoms with Gasteiger partial charge >= 0.3 is 0 Å². The lowest BCUT2D eigenvalue weighted by atomic mass is 9.78. The molecule has 84 valence electrons. The summed E-state index contributed by atoms with van der Waals surface area (Å²) in [6.45, 7) is 5.87. The maximum atomic E-state index is 12.2. The van der Waals surface area contributed by atoms with E-state index < -0.39 is 0 Å². The van der Waals surface area contributed by atoms with Crippen molar-refractivity contribution in [2.75, 3.05) is 18.4 Å². The summed E-state index contributed by atoms with van der Waals surface area (Å²) in [5.41, 5.74) is 4.38. The molecule has 0 saturated carbocycles. The highest BCUT2D eigenvalue weighted by Gasteiger charge is 2.49. The van der Waals surface area contributed by atoms with Gasteiger partial charge in [0.15, 0.2) is 0 Å². The van der Waals surface area contributed by atoms with Gasteiger partial charge in [-0.15, -0.1) is 0 Å². The number of nitrogens with one attached hydrogen (secondary N) is 2. The van der Waals surface area contributed by atoms with Crippen molar-refractivity contribution in [3.63, 3.8) is 0 Å². The van der Waals surface area contributed by atoms with Crippen molar-refractivity contribution in [2.45, 2.75) is 25.7 Å². The predicted molar refractivity (Wildman–Crippen MR) is 63.7 cm³/mol. The first-order valence-electron chi connectivity index (χ1n) is 5.77. The van der Waals surface area contributed by atoms with E-state index in [9.17, 15) is 4.79 Å². The smallest absolute Gasteiger partial charge is 0.236 e. The fourth-order valence-electron chi connectivity index (χ4n) is 3.16. The highest BCUT2D eigenvalue weighted by Crippen LogP contribution is 2.44. The van der Waals surface area contributed by atoms with E-state index in [0.29, 0.717) is 0 Å². The second kappa shape index (κ2) is 3.08. The number of benzene rings is 1. The van der Waals surface area contributed by atoms with Crippen LogP contribution in [0, 0.1) is 13.8 Å². The van der Waals surface area contributed by atoms with Crippen LogP contribution in [0.5, 0.6) is 0 Å². The monoisotopic (exact) mass is 216 g/mol. The van der Waals surface area contributed by atoms with Gasteiger partial charge in [0.1, 0.15) is 0 Å². The van der Waals surface area contributed by atoms with Gasteiger partial charge in [0.2, 0.25) is 5.91 Å². The molecule has 1 saturated heterocycles. The van der Waals surface area contributed by atoms with Crippen LogP contribution in [-0.2, 0) is 10.2 Å². The number of hydrogen-bond donors (Lipinski definition) is 2. The topological polar surface area (TPSA) is 41.1 Å². The molecule has 0 bridgehead atoms. The maximum absolute atomic E-state index is 12.2. The zero-order valence-corrected chi connectivity index (χ0v) is 9.68. The third-order valence-corrected chi connectivity index (χ3v) is 3.80. The van der Waals surface area contributed by atoms with Crippen LogP contribution >= 0.6 is 0 Å². The Morgan fingerprint density at radius 3 is 2.81 bits per heavy atom. The highest BCUT2D eigenvalue weighted by atomic mass is 16.2. The molecule has 0 radical (unpaired) electrons. The van der Waals surface area contributed by atoms with Gasteiger partial charge in [0.25, 0.3) is 0 Å². The molecule has 1 atom stereocenters. The van der Waals surface area contributed by atoms with Crippen molar-refractivity contribution in [3.8, 4) is 0 Å². The van der Waals surface area contributed by atoms with Crippen molar-refractivity contribution < 1.29 is 4.79 Å². The lowest BCUT2D eigenvalue weighted by molar-refractivity contribution is -0.120. The Balaban J connectivity index is 2.24. The molecular formula is C13H16N2O. The van der Waals surface area contributed by atoms with Crippen LogP contribution in [0.4, 0.5) is 5.69 Å². The molecule has 3 rings (SSSR count). The number of rotatable bonds is 0. The lowest BCUT2D eigenvalue weighted by Gasteiger charge is -2.21. The summed E-state index contributed by atoms with van der Waals surface area (Å²) >= 11 is 0. The standard InChI is InChI=1S/C13H16N2O/c1-8-5-9(2)11-10(6-8)15-12(16)13(11)3-4-14-7-13/h5-6,14H,3-4,7H2,1-2H3,(H,15,16). The molecule has 1 spiro atoms. The van der Waals surface area contributed by atoms with Crippen LogP contribution in [0.2, 0.25) is 0 Å². The maximum Gasteiger partial charge on any atom is 0.236 e. The van der Waals surface area contributed by atoms with Crippen LogP contribution in [-0.4, -0.2) is 19.0 Å². The molecule has 16 heavy (non-hydrogen) atoms. The third-order valence-electron chi connectivity index (χ3n) is 3.80. The largest absolute Gasteiger partial charge is 0.325 e. The Labute approximate surface area is 95.2 Å². The number of carbonyl (C=O) groups is 1. The number of anilines is 1. The van der Waals surface area contributed by atoms with Gasteiger partial charge in [0, 0.05) is 12.2 Å². The SMILES string of the molecule is Cc1cc(C)c2c(c1)NC(=O)C21CCNC1. The highest BCUT2D eigenvalue weighted by molar-refractivity contribution is 6.07. The van der Waals surface area contributed by atoms with E-state index in [1.54, 1.807) is 0 Å². The molecule has 1 aromatic carbocycles. The molecule has 2 aliphatic heterocycles. The van der Waals surface area contributed by atoms with E-state index in [1.165, 1.54) is 16.7 Å². The van der Waals surface area contributed by atoms with Crippen LogP contribution in [0.25, 0.3) is 0 Å². The molecule has 0 aliphatic carbocycles. The number of aryl methyl sites for hydroxylation is 2. The number of amides is 1. The molecule has 2 aliphatic rings. The lowest BCUT2D eigenvalue weighted by Crippen LogP contribution is -2.36. The van der Waals surface area contributed by atoms with Crippen molar-refractivity contribution in [1.29, 1.82) is 0 Å². The summed E-state index contributed by atoms with van der Waals surface area (Å²) in [6, 6.07) is 4.24. The van der Waals surface area contributed by atoms with Gasteiger partial charge in [0.05, 0.1) is 5.41 Å². The summed E-state index contributed by atoms with van der Waals surface area (Å²) in [5, 5.41) is 6.34. The van der Waals surface area contributed by atoms with Crippen LogP contribution in [0.1, 0.15) is 23.1 Å². The Bertz CT molecular complexity index is 473. The minimum atomic E-state index is -0.298. The molecule has 3 heteroatoms. The van der Waals surface area contributed by atoms with Gasteiger partial charge < -0.3 is 10.6 Å². The molecule has 1 fully saturated rings. The number of carbonyl (C=O) groups excluding carboxylic acids is 1. The summed E-state index contributed by atoms with van der Waals surface area (Å²) in [7, 11) is 0. The van der Waals surface area contributed by atoms with Gasteiger partial charge in [-0.25, -0.2) is 0 Å². The second-order valence-corrected chi connectivity index (χ2v) is 4.97. The molecule has 2 heterocycles. The summed E-state index contributed by atoms with van der Waals surface area (Å²) < 4.78 is 0. The van der Waals surface area contributed by atoms with Crippen LogP contribution in [0.15, 0.2) is 12.1 Å². The quantitative estimate of drug-likeness (QED) is 0.690. The Hall–Kier alpha value is -1.35. The molecule has 1 amide bonds. The average molecular weight is 216 g/mol. The zero-order valence-electron chi connectivity index (χ0n) is 9.68. The molecule has 2 N–H and O–H groups in total. The van der Waals surface area contributed by atoms with Crippen molar-refractivity contribution in [1.82, 2.24) is 5.32 Å². The average Bonchev–Trinajstić information content (AvgIpc) is 2.75. The van der Waals surface area contributed by atoms with Crippen molar-refractivity contribution in [3.05, 3.63) is 28.8 Å². The first-order valence-corrected chi connectivity index (χ1v) is 5.77. The van der Waals surface area contributed by atoms with Gasteiger partial charge in [-0.1, -0.05) is 6.07 Å². The minimum absolute atomic E-state index is 0.168. The number of hydrogen-bond acceptors (Lipinski definition) is 2. The second-order valence-electron chi connectivity index (χ2n) is 4.97. The number of fused-ring (bicyclic) bond motifs is 2. The molecule has 0 aromatic heterocycles. The summed E-state index contributed by atoms with van der Waals surface area (Å²) in [5.74, 6) is 0.168.